The minimum Gasteiger partial charge on any atom is -0.492 e. The zero-order valence-electron chi connectivity index (χ0n) is 10.9. The number of benzene rings is 1. The monoisotopic (exact) mass is 280 g/mol. The minimum atomic E-state index is -1.32. The molecule has 1 aliphatic rings. The summed E-state index contributed by atoms with van der Waals surface area (Å²) in [6.07, 6.45) is 2.39. The molecule has 0 spiro atoms. The van der Waals surface area contributed by atoms with Crippen molar-refractivity contribution in [1.82, 2.24) is 4.90 Å². The van der Waals surface area contributed by atoms with Crippen molar-refractivity contribution in [3.8, 4) is 5.75 Å². The largest absolute Gasteiger partial charge is 0.492 e. The molecule has 2 rings (SSSR count). The second kappa shape index (κ2) is 6.33. The molecule has 7 nitrogen and oxygen atoms in total. The molecule has 108 valence electrons. The van der Waals surface area contributed by atoms with Gasteiger partial charge in [0.25, 0.3) is 5.69 Å². The molecule has 0 unspecified atom stereocenters. The fraction of sp³-hybridized carbons (Fsp3) is 0.462. The lowest BCUT2D eigenvalue weighted by atomic mass is 10.2. The van der Waals surface area contributed by atoms with E-state index in [1.807, 2.05) is 0 Å². The molecule has 0 aromatic heterocycles. The molecule has 0 saturated carbocycles. The quantitative estimate of drug-likeness (QED) is 0.630. The van der Waals surface area contributed by atoms with Crippen molar-refractivity contribution in [2.24, 2.45) is 0 Å². The van der Waals surface area contributed by atoms with Gasteiger partial charge in [0.15, 0.2) is 0 Å². The Kier molecular flexibility index (Phi) is 4.52. The zero-order chi connectivity index (χ0) is 14.5. The van der Waals surface area contributed by atoms with Gasteiger partial charge in [-0.05, 0) is 38.1 Å². The van der Waals surface area contributed by atoms with Crippen molar-refractivity contribution in [3.05, 3.63) is 33.9 Å². The number of nitro benzene ring substituents is 1. The first-order chi connectivity index (χ1) is 9.58. The van der Waals surface area contributed by atoms with Gasteiger partial charge in [0.2, 0.25) is 0 Å². The van der Waals surface area contributed by atoms with Gasteiger partial charge in [-0.3, -0.25) is 15.0 Å². The standard InChI is InChI=1S/C13H16N2O5/c16-13(17)11-4-3-10(9-12(11)15(18)19)20-8-7-14-5-1-2-6-14/h3-4,9H,1-2,5-8H2,(H,16,17). The number of carboxylic acid groups (broad SMARTS) is 1. The van der Waals surface area contributed by atoms with Crippen LogP contribution in [0.4, 0.5) is 5.69 Å². The zero-order valence-corrected chi connectivity index (χ0v) is 10.9. The number of hydrogen-bond donors (Lipinski definition) is 1. The SMILES string of the molecule is O=C(O)c1ccc(OCCN2CCCC2)cc1[N+](=O)[O-]. The number of ether oxygens (including phenoxy) is 1. The number of aromatic carboxylic acids is 1. The van der Waals surface area contributed by atoms with Crippen molar-refractivity contribution < 1.29 is 19.6 Å². The van der Waals surface area contributed by atoms with E-state index >= 15 is 0 Å². The number of hydrogen-bond acceptors (Lipinski definition) is 5. The van der Waals surface area contributed by atoms with Gasteiger partial charge in [-0.2, -0.15) is 0 Å². The van der Waals surface area contributed by atoms with E-state index in [0.29, 0.717) is 12.4 Å². The molecule has 0 aliphatic carbocycles. The highest BCUT2D eigenvalue weighted by atomic mass is 16.6. The summed E-state index contributed by atoms with van der Waals surface area (Å²) in [6.45, 7) is 3.32. The van der Waals surface area contributed by atoms with Crippen LogP contribution in [0.15, 0.2) is 18.2 Å². The van der Waals surface area contributed by atoms with Crippen molar-refractivity contribution >= 4 is 11.7 Å². The maximum absolute atomic E-state index is 10.9. The molecule has 1 aromatic carbocycles. The lowest BCUT2D eigenvalue weighted by Crippen LogP contribution is -2.25. The lowest BCUT2D eigenvalue weighted by Gasteiger charge is -2.14. The number of nitrogens with zero attached hydrogens (tertiary/aromatic N) is 2. The molecule has 0 amide bonds. The molecular formula is C13H16N2O5. The second-order valence-electron chi connectivity index (χ2n) is 4.64. The van der Waals surface area contributed by atoms with Crippen LogP contribution in [0.25, 0.3) is 0 Å². The summed E-state index contributed by atoms with van der Waals surface area (Å²) in [7, 11) is 0. The van der Waals surface area contributed by atoms with Gasteiger partial charge in [-0.25, -0.2) is 4.79 Å². The molecule has 0 atom stereocenters. The van der Waals surface area contributed by atoms with E-state index < -0.39 is 16.6 Å². The van der Waals surface area contributed by atoms with Crippen LogP contribution in [0.1, 0.15) is 23.2 Å². The highest BCUT2D eigenvalue weighted by molar-refractivity contribution is 5.92. The van der Waals surface area contributed by atoms with E-state index in [0.717, 1.165) is 25.7 Å². The van der Waals surface area contributed by atoms with Crippen LogP contribution in [-0.4, -0.2) is 47.1 Å². The average molecular weight is 280 g/mol. The van der Waals surface area contributed by atoms with Crippen LogP contribution < -0.4 is 4.74 Å². The van der Waals surface area contributed by atoms with Gasteiger partial charge in [-0.1, -0.05) is 0 Å². The van der Waals surface area contributed by atoms with E-state index in [1.54, 1.807) is 0 Å². The normalized spacial score (nSPS) is 15.2. The summed E-state index contributed by atoms with van der Waals surface area (Å²) in [4.78, 5) is 23.3. The molecule has 1 aliphatic heterocycles. The molecule has 20 heavy (non-hydrogen) atoms. The minimum absolute atomic E-state index is 0.320. The number of carboxylic acids is 1. The fourth-order valence-electron chi connectivity index (χ4n) is 2.23. The Morgan fingerprint density at radius 2 is 2.10 bits per heavy atom. The Bertz CT molecular complexity index is 511. The Labute approximate surface area is 115 Å². The molecule has 1 N–H and O–H groups in total. The van der Waals surface area contributed by atoms with Gasteiger partial charge in [-0.15, -0.1) is 0 Å². The smallest absolute Gasteiger partial charge is 0.342 e. The molecule has 0 bridgehead atoms. The van der Waals surface area contributed by atoms with Crippen LogP contribution in [0, 0.1) is 10.1 Å². The third-order valence-electron chi connectivity index (χ3n) is 3.27. The van der Waals surface area contributed by atoms with Crippen LogP contribution in [0.2, 0.25) is 0 Å². The maximum Gasteiger partial charge on any atom is 0.342 e. The summed E-state index contributed by atoms with van der Waals surface area (Å²) >= 11 is 0. The molecule has 1 aromatic rings. The van der Waals surface area contributed by atoms with Crippen molar-refractivity contribution in [2.45, 2.75) is 12.8 Å². The van der Waals surface area contributed by atoms with E-state index in [4.69, 9.17) is 9.84 Å². The Morgan fingerprint density at radius 3 is 2.70 bits per heavy atom. The summed E-state index contributed by atoms with van der Waals surface area (Å²) in [6, 6.07) is 3.81. The van der Waals surface area contributed by atoms with E-state index in [9.17, 15) is 14.9 Å². The third kappa shape index (κ3) is 3.45. The van der Waals surface area contributed by atoms with E-state index in [-0.39, 0.29) is 5.56 Å². The Hall–Kier alpha value is -2.15. The van der Waals surface area contributed by atoms with Crippen LogP contribution in [-0.2, 0) is 0 Å². The number of nitro groups is 1. The van der Waals surface area contributed by atoms with Crippen LogP contribution >= 0.6 is 0 Å². The van der Waals surface area contributed by atoms with Crippen molar-refractivity contribution in [2.75, 3.05) is 26.2 Å². The highest BCUT2D eigenvalue weighted by Crippen LogP contribution is 2.24. The van der Waals surface area contributed by atoms with Crippen molar-refractivity contribution in [3.63, 3.8) is 0 Å². The van der Waals surface area contributed by atoms with Crippen molar-refractivity contribution in [1.29, 1.82) is 0 Å². The van der Waals surface area contributed by atoms with Gasteiger partial charge in [0.1, 0.15) is 17.9 Å². The number of likely N-dealkylation sites (tertiary alicyclic amines) is 1. The highest BCUT2D eigenvalue weighted by Gasteiger charge is 2.20. The van der Waals surface area contributed by atoms with Crippen LogP contribution in [0.5, 0.6) is 5.75 Å². The first-order valence-corrected chi connectivity index (χ1v) is 6.45. The molecule has 1 heterocycles. The van der Waals surface area contributed by atoms with Gasteiger partial charge >= 0.3 is 5.97 Å². The lowest BCUT2D eigenvalue weighted by molar-refractivity contribution is -0.385. The molecule has 7 heteroatoms. The predicted octanol–water partition coefficient (Wildman–Crippen LogP) is 1.77. The summed E-state index contributed by atoms with van der Waals surface area (Å²) in [5, 5.41) is 19.7. The summed E-state index contributed by atoms with van der Waals surface area (Å²) in [5.41, 5.74) is -0.780. The number of carbonyl (C=O) groups is 1. The topological polar surface area (TPSA) is 92.9 Å². The van der Waals surface area contributed by atoms with Gasteiger partial charge in [0, 0.05) is 6.54 Å². The van der Waals surface area contributed by atoms with Gasteiger partial charge < -0.3 is 9.84 Å². The molecular weight excluding hydrogens is 264 g/mol. The van der Waals surface area contributed by atoms with Gasteiger partial charge in [0.05, 0.1) is 11.0 Å². The molecule has 1 saturated heterocycles. The number of rotatable bonds is 6. The first-order valence-electron chi connectivity index (χ1n) is 6.45. The fourth-order valence-corrected chi connectivity index (χ4v) is 2.23. The third-order valence-corrected chi connectivity index (χ3v) is 3.27. The first kappa shape index (κ1) is 14.3. The van der Waals surface area contributed by atoms with Crippen LogP contribution in [0.3, 0.4) is 0 Å². The predicted molar refractivity (Wildman–Crippen MR) is 71.2 cm³/mol. The maximum atomic E-state index is 10.9. The Morgan fingerprint density at radius 1 is 1.40 bits per heavy atom. The second-order valence-corrected chi connectivity index (χ2v) is 4.64. The molecule has 1 fully saturated rings. The summed E-state index contributed by atoms with van der Waals surface area (Å²) in [5.74, 6) is -0.999. The summed E-state index contributed by atoms with van der Waals surface area (Å²) < 4.78 is 5.45. The average Bonchev–Trinajstić information content (AvgIpc) is 2.91. The van der Waals surface area contributed by atoms with E-state index in [2.05, 4.69) is 4.90 Å². The van der Waals surface area contributed by atoms with E-state index in [1.165, 1.54) is 25.0 Å². The Balaban J connectivity index is 1.99. The molecule has 0 radical (unpaired) electrons.